The highest BCUT2D eigenvalue weighted by Crippen LogP contribution is 2.12. The van der Waals surface area contributed by atoms with Crippen molar-refractivity contribution in [3.63, 3.8) is 0 Å². The molecule has 0 atom stereocenters. The van der Waals surface area contributed by atoms with E-state index >= 15 is 0 Å². The van der Waals surface area contributed by atoms with Gasteiger partial charge in [-0.05, 0) is 30.8 Å². The highest BCUT2D eigenvalue weighted by atomic mass is 32.2. The van der Waals surface area contributed by atoms with Crippen molar-refractivity contribution in [1.29, 1.82) is 0 Å². The van der Waals surface area contributed by atoms with Gasteiger partial charge in [0.15, 0.2) is 0 Å². The van der Waals surface area contributed by atoms with Gasteiger partial charge in [-0.2, -0.15) is 11.8 Å². The molecule has 21 heavy (non-hydrogen) atoms. The average Bonchev–Trinajstić information content (AvgIpc) is 2.41. The third kappa shape index (κ3) is 5.49. The molecule has 1 aromatic rings. The van der Waals surface area contributed by atoms with E-state index in [4.69, 9.17) is 5.73 Å². The number of nitrogens with zero attached hydrogens (tertiary/aromatic N) is 1. The number of unbranched alkanes of at least 4 members (excludes halogenated alkanes) is 2. The lowest BCUT2D eigenvalue weighted by molar-refractivity contribution is 0.508. The number of rotatable bonds is 9. The van der Waals surface area contributed by atoms with Crippen molar-refractivity contribution >= 4 is 23.3 Å². The number of hydrogen-bond donors (Lipinski definition) is 3. The smallest absolute Gasteiger partial charge is 0.330 e. The van der Waals surface area contributed by atoms with Gasteiger partial charge in [0, 0.05) is 13.1 Å². The van der Waals surface area contributed by atoms with E-state index in [0.29, 0.717) is 18.8 Å². The number of nitrogen functional groups attached to an aromatic ring is 1. The molecule has 0 amide bonds. The van der Waals surface area contributed by atoms with Crippen LogP contribution in [0.4, 0.5) is 11.5 Å². The van der Waals surface area contributed by atoms with Crippen LogP contribution in [0.15, 0.2) is 9.59 Å². The molecule has 0 fully saturated rings. The quantitative estimate of drug-likeness (QED) is 0.604. The maximum absolute atomic E-state index is 11.9. The summed E-state index contributed by atoms with van der Waals surface area (Å²) in [5, 5.41) is 3.06. The van der Waals surface area contributed by atoms with Crippen LogP contribution in [-0.2, 0) is 6.54 Å². The van der Waals surface area contributed by atoms with Gasteiger partial charge in [0.25, 0.3) is 5.56 Å². The Labute approximate surface area is 129 Å². The average molecular weight is 314 g/mol. The van der Waals surface area contributed by atoms with Crippen molar-refractivity contribution in [2.45, 2.75) is 39.7 Å². The van der Waals surface area contributed by atoms with Crippen LogP contribution in [0, 0.1) is 5.92 Å². The molecule has 1 rings (SSSR count). The zero-order valence-corrected chi connectivity index (χ0v) is 13.9. The van der Waals surface area contributed by atoms with E-state index in [1.165, 1.54) is 11.0 Å². The first kappa shape index (κ1) is 17.7. The molecular weight excluding hydrogens is 288 g/mol. The molecule has 1 aromatic heterocycles. The van der Waals surface area contributed by atoms with E-state index in [0.717, 1.165) is 18.6 Å². The monoisotopic (exact) mass is 314 g/mol. The normalized spacial score (nSPS) is 11.0. The van der Waals surface area contributed by atoms with Crippen LogP contribution in [-0.4, -0.2) is 28.1 Å². The molecule has 0 aliphatic rings. The predicted molar refractivity (Wildman–Crippen MR) is 91.3 cm³/mol. The van der Waals surface area contributed by atoms with Gasteiger partial charge < -0.3 is 11.1 Å². The molecule has 6 nitrogen and oxygen atoms in total. The topological polar surface area (TPSA) is 92.9 Å². The molecule has 0 unspecified atom stereocenters. The summed E-state index contributed by atoms with van der Waals surface area (Å²) in [5.74, 6) is 1.65. The second kappa shape index (κ2) is 8.81. The lowest BCUT2D eigenvalue weighted by atomic mass is 10.2. The zero-order chi connectivity index (χ0) is 15.8. The van der Waals surface area contributed by atoms with Crippen LogP contribution in [0.25, 0.3) is 0 Å². The molecule has 120 valence electrons. The highest BCUT2D eigenvalue weighted by Gasteiger charge is 2.12. The van der Waals surface area contributed by atoms with Gasteiger partial charge in [0.05, 0.1) is 0 Å². The van der Waals surface area contributed by atoms with E-state index in [1.54, 1.807) is 0 Å². The second-order valence-corrected chi connectivity index (χ2v) is 6.49. The molecule has 0 saturated heterocycles. The number of aromatic amines is 1. The van der Waals surface area contributed by atoms with Crippen LogP contribution < -0.4 is 22.3 Å². The summed E-state index contributed by atoms with van der Waals surface area (Å²) < 4.78 is 1.42. The van der Waals surface area contributed by atoms with Crippen molar-refractivity contribution in [1.82, 2.24) is 9.55 Å². The third-order valence-electron chi connectivity index (χ3n) is 3.11. The van der Waals surface area contributed by atoms with E-state index in [2.05, 4.69) is 16.6 Å². The van der Waals surface area contributed by atoms with E-state index in [-0.39, 0.29) is 11.7 Å². The number of H-pyrrole nitrogens is 1. The number of nitrogens with two attached hydrogens (primary N) is 1. The number of aromatic nitrogens is 2. The number of anilines is 2. The molecule has 0 radical (unpaired) electrons. The Hall–Kier alpha value is -1.37. The van der Waals surface area contributed by atoms with Gasteiger partial charge in [0.2, 0.25) is 0 Å². The summed E-state index contributed by atoms with van der Waals surface area (Å²) in [7, 11) is 0. The summed E-state index contributed by atoms with van der Waals surface area (Å²) >= 11 is 1.84. The fraction of sp³-hybridized carbons (Fsp3) is 0.714. The summed E-state index contributed by atoms with van der Waals surface area (Å²) in [6, 6.07) is 0. The fourth-order valence-electron chi connectivity index (χ4n) is 2.07. The molecule has 0 aliphatic heterocycles. The Morgan fingerprint density at radius 1 is 1.29 bits per heavy atom. The first-order chi connectivity index (χ1) is 9.97. The Bertz CT molecular complexity index is 551. The zero-order valence-electron chi connectivity index (χ0n) is 13.1. The standard InChI is InChI=1S/C14H26N4O2S/c1-10(2)9-18-12(15)11(13(19)17-14(18)20)16-7-5-4-6-8-21-3/h10,16H,4-9,15H2,1-3H3,(H,17,19,20). The number of hydrogen-bond acceptors (Lipinski definition) is 5. The SMILES string of the molecule is CSCCCCCNc1c(N)n(CC(C)C)c(=O)[nH]c1=O. The van der Waals surface area contributed by atoms with Gasteiger partial charge in [-0.15, -0.1) is 0 Å². The number of nitrogens with one attached hydrogen (secondary N) is 2. The van der Waals surface area contributed by atoms with Gasteiger partial charge in [0.1, 0.15) is 11.5 Å². The van der Waals surface area contributed by atoms with Crippen molar-refractivity contribution in [2.75, 3.05) is 29.6 Å². The summed E-state index contributed by atoms with van der Waals surface area (Å²) in [4.78, 5) is 26.0. The van der Waals surface area contributed by atoms with Crippen molar-refractivity contribution in [3.05, 3.63) is 20.8 Å². The van der Waals surface area contributed by atoms with Crippen molar-refractivity contribution in [2.24, 2.45) is 5.92 Å². The molecular formula is C14H26N4O2S. The fourth-order valence-corrected chi connectivity index (χ4v) is 2.56. The summed E-state index contributed by atoms with van der Waals surface area (Å²) in [6.07, 6.45) is 5.35. The van der Waals surface area contributed by atoms with Crippen molar-refractivity contribution in [3.8, 4) is 0 Å². The molecule has 0 spiro atoms. The first-order valence-corrected chi connectivity index (χ1v) is 8.72. The lowest BCUT2D eigenvalue weighted by Gasteiger charge is -2.15. The minimum absolute atomic E-state index is 0.224. The van der Waals surface area contributed by atoms with Gasteiger partial charge in [-0.3, -0.25) is 14.3 Å². The van der Waals surface area contributed by atoms with Gasteiger partial charge in [-0.25, -0.2) is 4.79 Å². The molecule has 0 aliphatic carbocycles. The van der Waals surface area contributed by atoms with E-state index in [1.807, 2.05) is 25.6 Å². The largest absolute Gasteiger partial charge is 0.383 e. The van der Waals surface area contributed by atoms with Crippen LogP contribution >= 0.6 is 11.8 Å². The van der Waals surface area contributed by atoms with E-state index in [9.17, 15) is 9.59 Å². The van der Waals surface area contributed by atoms with Crippen LogP contribution in [0.3, 0.4) is 0 Å². The Kier molecular flexibility index (Phi) is 7.42. The molecule has 7 heteroatoms. The number of thioether (sulfide) groups is 1. The third-order valence-corrected chi connectivity index (χ3v) is 3.81. The molecule has 4 N–H and O–H groups in total. The van der Waals surface area contributed by atoms with Crippen LogP contribution in [0.5, 0.6) is 0 Å². The maximum atomic E-state index is 11.9. The minimum Gasteiger partial charge on any atom is -0.383 e. The highest BCUT2D eigenvalue weighted by molar-refractivity contribution is 7.98. The predicted octanol–water partition coefficient (Wildman–Crippen LogP) is 1.72. The molecule has 1 heterocycles. The summed E-state index contributed by atoms with van der Waals surface area (Å²) in [5.41, 5.74) is 5.39. The van der Waals surface area contributed by atoms with Gasteiger partial charge >= 0.3 is 5.69 Å². The lowest BCUT2D eigenvalue weighted by Crippen LogP contribution is -2.35. The Morgan fingerprint density at radius 3 is 2.62 bits per heavy atom. The van der Waals surface area contributed by atoms with Gasteiger partial charge in [-0.1, -0.05) is 20.3 Å². The summed E-state index contributed by atoms with van der Waals surface area (Å²) in [6.45, 7) is 5.16. The molecule has 0 bridgehead atoms. The first-order valence-electron chi connectivity index (χ1n) is 7.32. The van der Waals surface area contributed by atoms with E-state index < -0.39 is 11.2 Å². The van der Waals surface area contributed by atoms with Crippen molar-refractivity contribution < 1.29 is 0 Å². The molecule has 0 saturated carbocycles. The van der Waals surface area contributed by atoms with Crippen LogP contribution in [0.2, 0.25) is 0 Å². The second-order valence-electron chi connectivity index (χ2n) is 5.50. The Morgan fingerprint density at radius 2 is 2.00 bits per heavy atom. The Balaban J connectivity index is 2.73. The molecule has 0 aromatic carbocycles. The minimum atomic E-state index is -0.447. The van der Waals surface area contributed by atoms with Crippen LogP contribution in [0.1, 0.15) is 33.1 Å². The maximum Gasteiger partial charge on any atom is 0.330 e.